The largest absolute Gasteiger partial charge is 0.426 e. The predicted octanol–water partition coefficient (Wildman–Crippen LogP) is 2.37. The lowest BCUT2D eigenvalue weighted by atomic mass is 10.3. The molecule has 1 N–H and O–H groups in total. The zero-order valence-electron chi connectivity index (χ0n) is 9.74. The summed E-state index contributed by atoms with van der Waals surface area (Å²) in [5.74, 6) is 0.427. The van der Waals surface area contributed by atoms with Crippen molar-refractivity contribution < 1.29 is 9.53 Å². The Hall–Kier alpha value is -1.35. The quantitative estimate of drug-likeness (QED) is 0.436. The van der Waals surface area contributed by atoms with Gasteiger partial charge in [-0.1, -0.05) is 31.5 Å². The maximum Gasteiger partial charge on any atom is 0.312 e. The highest BCUT2D eigenvalue weighted by Crippen LogP contribution is 2.08. The van der Waals surface area contributed by atoms with Crippen LogP contribution in [0.25, 0.3) is 0 Å². The third-order valence-corrected chi connectivity index (χ3v) is 2.19. The third kappa shape index (κ3) is 5.51. The second-order valence-corrected chi connectivity index (χ2v) is 3.64. The number of rotatable bonds is 7. The van der Waals surface area contributed by atoms with Crippen molar-refractivity contribution in [2.24, 2.45) is 0 Å². The Morgan fingerprint density at radius 2 is 2.00 bits per heavy atom. The molecule has 0 amide bonds. The van der Waals surface area contributed by atoms with Gasteiger partial charge < -0.3 is 10.1 Å². The van der Waals surface area contributed by atoms with Crippen molar-refractivity contribution in [3.8, 4) is 5.75 Å². The standard InChI is InChI=1S/C13H19NO2/c1-2-3-10-14-11-9-13(15)16-12-7-5-4-6-8-12/h4-8,14H,2-3,9-11H2,1H3. The fourth-order valence-electron chi connectivity index (χ4n) is 1.29. The van der Waals surface area contributed by atoms with E-state index in [1.165, 1.54) is 6.42 Å². The van der Waals surface area contributed by atoms with Gasteiger partial charge in [0.05, 0.1) is 6.42 Å². The summed E-state index contributed by atoms with van der Waals surface area (Å²) in [6.07, 6.45) is 2.73. The first-order chi connectivity index (χ1) is 7.83. The molecule has 3 nitrogen and oxygen atoms in total. The lowest BCUT2D eigenvalue weighted by Gasteiger charge is -2.04. The Bertz CT molecular complexity index is 298. The monoisotopic (exact) mass is 221 g/mol. The van der Waals surface area contributed by atoms with E-state index in [1.54, 1.807) is 12.1 Å². The zero-order valence-corrected chi connectivity index (χ0v) is 9.74. The van der Waals surface area contributed by atoms with Gasteiger partial charge in [-0.3, -0.25) is 4.79 Å². The fourth-order valence-corrected chi connectivity index (χ4v) is 1.29. The van der Waals surface area contributed by atoms with Crippen LogP contribution in [0.3, 0.4) is 0 Å². The maximum absolute atomic E-state index is 11.4. The SMILES string of the molecule is CCCCNCCC(=O)Oc1ccccc1. The van der Waals surface area contributed by atoms with Crippen LogP contribution >= 0.6 is 0 Å². The van der Waals surface area contributed by atoms with E-state index in [0.717, 1.165) is 13.0 Å². The Morgan fingerprint density at radius 3 is 2.69 bits per heavy atom. The molecule has 0 spiro atoms. The summed E-state index contributed by atoms with van der Waals surface area (Å²) in [4.78, 5) is 11.4. The van der Waals surface area contributed by atoms with E-state index < -0.39 is 0 Å². The Kier molecular flexibility index (Phi) is 6.26. The van der Waals surface area contributed by atoms with Crippen molar-refractivity contribution in [2.45, 2.75) is 26.2 Å². The molecule has 0 saturated heterocycles. The molecule has 88 valence electrons. The minimum Gasteiger partial charge on any atom is -0.426 e. The van der Waals surface area contributed by atoms with Gasteiger partial charge in [0.1, 0.15) is 5.75 Å². The first-order valence-electron chi connectivity index (χ1n) is 5.79. The van der Waals surface area contributed by atoms with Crippen LogP contribution in [0.15, 0.2) is 30.3 Å². The van der Waals surface area contributed by atoms with Gasteiger partial charge in [-0.15, -0.1) is 0 Å². The second kappa shape index (κ2) is 7.88. The van der Waals surface area contributed by atoms with E-state index in [4.69, 9.17) is 4.74 Å². The molecule has 0 bridgehead atoms. The van der Waals surface area contributed by atoms with Crippen LogP contribution in [0.2, 0.25) is 0 Å². The number of para-hydroxylation sites is 1. The van der Waals surface area contributed by atoms with Crippen LogP contribution in [-0.4, -0.2) is 19.1 Å². The van der Waals surface area contributed by atoms with Gasteiger partial charge in [0.2, 0.25) is 0 Å². The molecule has 0 heterocycles. The van der Waals surface area contributed by atoms with Crippen LogP contribution in [0.1, 0.15) is 26.2 Å². The summed E-state index contributed by atoms with van der Waals surface area (Å²) < 4.78 is 5.14. The van der Waals surface area contributed by atoms with Gasteiger partial charge in [0, 0.05) is 6.54 Å². The maximum atomic E-state index is 11.4. The van der Waals surface area contributed by atoms with E-state index in [9.17, 15) is 4.79 Å². The van der Waals surface area contributed by atoms with E-state index >= 15 is 0 Å². The van der Waals surface area contributed by atoms with Crippen molar-refractivity contribution in [2.75, 3.05) is 13.1 Å². The van der Waals surface area contributed by atoms with Gasteiger partial charge in [-0.05, 0) is 25.1 Å². The number of carbonyl (C=O) groups excluding carboxylic acids is 1. The summed E-state index contributed by atoms with van der Waals surface area (Å²) in [5.41, 5.74) is 0. The number of carbonyl (C=O) groups is 1. The number of unbranched alkanes of at least 4 members (excludes halogenated alkanes) is 1. The normalized spacial score (nSPS) is 10.1. The molecule has 0 aliphatic heterocycles. The first-order valence-corrected chi connectivity index (χ1v) is 5.79. The average molecular weight is 221 g/mol. The molecule has 1 rings (SSSR count). The van der Waals surface area contributed by atoms with Crippen LogP contribution in [0, 0.1) is 0 Å². The van der Waals surface area contributed by atoms with Crippen LogP contribution in [0.5, 0.6) is 5.75 Å². The Morgan fingerprint density at radius 1 is 1.25 bits per heavy atom. The number of hydrogen-bond donors (Lipinski definition) is 1. The highest BCUT2D eigenvalue weighted by molar-refractivity contribution is 5.72. The number of benzene rings is 1. The van der Waals surface area contributed by atoms with Gasteiger partial charge >= 0.3 is 5.97 Å². The molecule has 16 heavy (non-hydrogen) atoms. The summed E-state index contributed by atoms with van der Waals surface area (Å²) in [6.45, 7) is 3.80. The van der Waals surface area contributed by atoms with E-state index in [-0.39, 0.29) is 5.97 Å². The number of ether oxygens (including phenoxy) is 1. The summed E-state index contributed by atoms with van der Waals surface area (Å²) in [7, 11) is 0. The molecule has 0 unspecified atom stereocenters. The lowest BCUT2D eigenvalue weighted by Crippen LogP contribution is -2.21. The van der Waals surface area contributed by atoms with Gasteiger partial charge in [0.25, 0.3) is 0 Å². The molecular weight excluding hydrogens is 202 g/mol. The van der Waals surface area contributed by atoms with Crippen molar-refractivity contribution in [3.63, 3.8) is 0 Å². The number of hydrogen-bond acceptors (Lipinski definition) is 3. The fraction of sp³-hybridized carbons (Fsp3) is 0.462. The predicted molar refractivity (Wildman–Crippen MR) is 64.5 cm³/mol. The summed E-state index contributed by atoms with van der Waals surface area (Å²) in [5, 5.41) is 3.20. The molecule has 1 aromatic carbocycles. The molecule has 0 aliphatic carbocycles. The Labute approximate surface area is 96.8 Å². The number of nitrogens with one attached hydrogen (secondary N) is 1. The zero-order chi connectivity index (χ0) is 11.6. The van der Waals surface area contributed by atoms with Crippen LogP contribution in [-0.2, 0) is 4.79 Å². The lowest BCUT2D eigenvalue weighted by molar-refractivity contribution is -0.134. The van der Waals surface area contributed by atoms with Crippen molar-refractivity contribution in [3.05, 3.63) is 30.3 Å². The van der Waals surface area contributed by atoms with Gasteiger partial charge in [-0.2, -0.15) is 0 Å². The molecule has 0 saturated carbocycles. The smallest absolute Gasteiger partial charge is 0.312 e. The van der Waals surface area contributed by atoms with Crippen molar-refractivity contribution in [1.29, 1.82) is 0 Å². The third-order valence-electron chi connectivity index (χ3n) is 2.19. The molecule has 0 atom stereocenters. The minimum absolute atomic E-state index is 0.185. The number of esters is 1. The molecule has 0 radical (unpaired) electrons. The highest BCUT2D eigenvalue weighted by Gasteiger charge is 2.03. The van der Waals surface area contributed by atoms with Crippen LogP contribution < -0.4 is 10.1 Å². The first kappa shape index (κ1) is 12.7. The Balaban J connectivity index is 2.12. The molecule has 0 fully saturated rings. The molecule has 0 aromatic heterocycles. The summed E-state index contributed by atoms with van der Waals surface area (Å²) in [6, 6.07) is 9.15. The summed E-state index contributed by atoms with van der Waals surface area (Å²) >= 11 is 0. The van der Waals surface area contributed by atoms with Crippen LogP contribution in [0.4, 0.5) is 0 Å². The van der Waals surface area contributed by atoms with E-state index in [2.05, 4.69) is 12.2 Å². The van der Waals surface area contributed by atoms with Gasteiger partial charge in [-0.25, -0.2) is 0 Å². The average Bonchev–Trinajstić information content (AvgIpc) is 2.30. The minimum atomic E-state index is -0.185. The molecular formula is C13H19NO2. The topological polar surface area (TPSA) is 38.3 Å². The highest BCUT2D eigenvalue weighted by atomic mass is 16.5. The van der Waals surface area contributed by atoms with Gasteiger partial charge in [0.15, 0.2) is 0 Å². The van der Waals surface area contributed by atoms with Crippen molar-refractivity contribution >= 4 is 5.97 Å². The molecule has 0 aliphatic rings. The molecule has 3 heteroatoms. The van der Waals surface area contributed by atoms with E-state index in [0.29, 0.717) is 18.7 Å². The van der Waals surface area contributed by atoms with E-state index in [1.807, 2.05) is 18.2 Å². The second-order valence-electron chi connectivity index (χ2n) is 3.64. The molecule has 1 aromatic rings. The van der Waals surface area contributed by atoms with Crippen molar-refractivity contribution in [1.82, 2.24) is 5.32 Å².